The molecule has 0 spiro atoms. The quantitative estimate of drug-likeness (QED) is 0.322. The molecule has 0 rings (SSSR count). The number of unbranched alkanes of at least 4 members (excludes halogenated alkanes) is 6. The molecule has 4 nitrogen and oxygen atoms in total. The summed E-state index contributed by atoms with van der Waals surface area (Å²) in [7, 11) is -4.28. The SMILES string of the molecule is CCCCCCCCCC(C)CCCC(C)COS(=O)(=O)O. The van der Waals surface area contributed by atoms with Crippen LogP contribution in [0.5, 0.6) is 0 Å². The van der Waals surface area contributed by atoms with Gasteiger partial charge in [-0.2, -0.15) is 8.42 Å². The summed E-state index contributed by atoms with van der Waals surface area (Å²) in [4.78, 5) is 0. The zero-order valence-electron chi connectivity index (χ0n) is 14.7. The zero-order chi connectivity index (χ0) is 16.8. The van der Waals surface area contributed by atoms with Crippen molar-refractivity contribution in [2.24, 2.45) is 11.8 Å². The zero-order valence-corrected chi connectivity index (χ0v) is 15.5. The maximum absolute atomic E-state index is 10.5. The molecule has 0 aliphatic carbocycles. The van der Waals surface area contributed by atoms with Gasteiger partial charge in [0.1, 0.15) is 0 Å². The highest BCUT2D eigenvalue weighted by atomic mass is 32.3. The van der Waals surface area contributed by atoms with E-state index in [1.807, 2.05) is 6.92 Å². The second kappa shape index (κ2) is 13.3. The Labute approximate surface area is 138 Å². The Morgan fingerprint density at radius 3 is 1.91 bits per heavy atom. The topological polar surface area (TPSA) is 63.6 Å². The van der Waals surface area contributed by atoms with Crippen LogP contribution in [0.25, 0.3) is 0 Å². The minimum atomic E-state index is -4.28. The smallest absolute Gasteiger partial charge is 0.264 e. The molecule has 0 aromatic heterocycles. The molecular formula is C17H36O4S. The lowest BCUT2D eigenvalue weighted by molar-refractivity contribution is 0.221. The van der Waals surface area contributed by atoms with Crippen LogP contribution in [0.4, 0.5) is 0 Å². The molecule has 0 aromatic carbocycles. The van der Waals surface area contributed by atoms with Crippen LogP contribution in [-0.4, -0.2) is 19.6 Å². The van der Waals surface area contributed by atoms with Crippen molar-refractivity contribution in [3.63, 3.8) is 0 Å². The third-order valence-corrected chi connectivity index (χ3v) is 4.63. The van der Waals surface area contributed by atoms with Gasteiger partial charge in [-0.15, -0.1) is 0 Å². The molecular weight excluding hydrogens is 300 g/mol. The van der Waals surface area contributed by atoms with Crippen LogP contribution >= 0.6 is 0 Å². The van der Waals surface area contributed by atoms with E-state index >= 15 is 0 Å². The van der Waals surface area contributed by atoms with E-state index in [0.29, 0.717) is 0 Å². The lowest BCUT2D eigenvalue weighted by Gasteiger charge is -2.14. The van der Waals surface area contributed by atoms with E-state index in [-0.39, 0.29) is 12.5 Å². The molecule has 0 fully saturated rings. The molecule has 22 heavy (non-hydrogen) atoms. The van der Waals surface area contributed by atoms with Crippen molar-refractivity contribution in [3.05, 3.63) is 0 Å². The molecule has 2 atom stereocenters. The van der Waals surface area contributed by atoms with Crippen molar-refractivity contribution in [1.82, 2.24) is 0 Å². The first-order valence-electron chi connectivity index (χ1n) is 8.97. The van der Waals surface area contributed by atoms with E-state index in [2.05, 4.69) is 18.0 Å². The van der Waals surface area contributed by atoms with Gasteiger partial charge >= 0.3 is 10.4 Å². The van der Waals surface area contributed by atoms with Gasteiger partial charge in [0.25, 0.3) is 0 Å². The Morgan fingerprint density at radius 1 is 0.818 bits per heavy atom. The standard InChI is InChI=1S/C17H36O4S/c1-4-5-6-7-8-9-10-12-16(2)13-11-14-17(3)15-21-22(18,19)20/h16-17H,4-15H2,1-3H3,(H,18,19,20). The van der Waals surface area contributed by atoms with Crippen LogP contribution in [0, 0.1) is 11.8 Å². The van der Waals surface area contributed by atoms with Crippen LogP contribution in [0.3, 0.4) is 0 Å². The maximum atomic E-state index is 10.5. The molecule has 0 amide bonds. The van der Waals surface area contributed by atoms with Gasteiger partial charge in [-0.25, -0.2) is 4.18 Å². The highest BCUT2D eigenvalue weighted by Crippen LogP contribution is 2.19. The normalized spacial score (nSPS) is 14.9. The molecule has 0 aliphatic rings. The largest absolute Gasteiger partial charge is 0.397 e. The van der Waals surface area contributed by atoms with Gasteiger partial charge < -0.3 is 0 Å². The van der Waals surface area contributed by atoms with Gasteiger partial charge in [0, 0.05) is 0 Å². The van der Waals surface area contributed by atoms with Crippen molar-refractivity contribution in [3.8, 4) is 0 Å². The van der Waals surface area contributed by atoms with Gasteiger partial charge in [-0.3, -0.25) is 4.55 Å². The van der Waals surface area contributed by atoms with Crippen molar-refractivity contribution in [2.75, 3.05) is 6.61 Å². The monoisotopic (exact) mass is 336 g/mol. The van der Waals surface area contributed by atoms with Crippen molar-refractivity contribution >= 4 is 10.4 Å². The predicted octanol–water partition coefficient (Wildman–Crippen LogP) is 5.39. The lowest BCUT2D eigenvalue weighted by atomic mass is 9.94. The van der Waals surface area contributed by atoms with E-state index in [1.165, 1.54) is 57.8 Å². The second-order valence-corrected chi connectivity index (χ2v) is 7.85. The van der Waals surface area contributed by atoms with Gasteiger partial charge in [0.05, 0.1) is 6.61 Å². The minimum absolute atomic E-state index is 0.0744. The molecule has 0 aromatic rings. The number of rotatable bonds is 15. The Morgan fingerprint density at radius 2 is 1.32 bits per heavy atom. The number of hydrogen-bond acceptors (Lipinski definition) is 3. The highest BCUT2D eigenvalue weighted by molar-refractivity contribution is 7.80. The second-order valence-electron chi connectivity index (χ2n) is 6.76. The van der Waals surface area contributed by atoms with Crippen LogP contribution in [0.2, 0.25) is 0 Å². The van der Waals surface area contributed by atoms with E-state index in [0.717, 1.165) is 18.8 Å². The van der Waals surface area contributed by atoms with Crippen LogP contribution in [0.15, 0.2) is 0 Å². The maximum Gasteiger partial charge on any atom is 0.397 e. The number of hydrogen-bond donors (Lipinski definition) is 1. The summed E-state index contributed by atoms with van der Waals surface area (Å²) < 4.78 is 33.9. The third-order valence-electron chi connectivity index (χ3n) is 4.20. The molecule has 134 valence electrons. The molecule has 0 saturated carbocycles. The molecule has 2 unspecified atom stereocenters. The Kier molecular flexibility index (Phi) is 13.2. The van der Waals surface area contributed by atoms with E-state index in [1.54, 1.807) is 0 Å². The molecule has 0 bridgehead atoms. The van der Waals surface area contributed by atoms with E-state index in [9.17, 15) is 8.42 Å². The summed E-state index contributed by atoms with van der Waals surface area (Å²) in [6.45, 7) is 6.57. The fourth-order valence-corrected chi connectivity index (χ4v) is 3.10. The van der Waals surface area contributed by atoms with Crippen LogP contribution in [0.1, 0.15) is 91.4 Å². The Hall–Kier alpha value is -0.130. The summed E-state index contributed by atoms with van der Waals surface area (Å²) in [5.74, 6) is 0.901. The average molecular weight is 337 g/mol. The van der Waals surface area contributed by atoms with Gasteiger partial charge in [0.2, 0.25) is 0 Å². The minimum Gasteiger partial charge on any atom is -0.264 e. The summed E-state index contributed by atoms with van der Waals surface area (Å²) in [6, 6.07) is 0. The summed E-state index contributed by atoms with van der Waals surface area (Å²) in [5.41, 5.74) is 0. The van der Waals surface area contributed by atoms with E-state index in [4.69, 9.17) is 4.55 Å². The Balaban J connectivity index is 3.43. The lowest BCUT2D eigenvalue weighted by Crippen LogP contribution is -2.11. The molecule has 1 N–H and O–H groups in total. The summed E-state index contributed by atoms with van der Waals surface area (Å²) >= 11 is 0. The molecule has 0 radical (unpaired) electrons. The summed E-state index contributed by atoms with van der Waals surface area (Å²) in [5, 5.41) is 0. The molecule has 5 heteroatoms. The highest BCUT2D eigenvalue weighted by Gasteiger charge is 2.10. The fraction of sp³-hybridized carbons (Fsp3) is 1.00. The van der Waals surface area contributed by atoms with Crippen molar-refractivity contribution in [1.29, 1.82) is 0 Å². The molecule has 0 heterocycles. The first kappa shape index (κ1) is 21.9. The third kappa shape index (κ3) is 16.2. The molecule has 0 aliphatic heterocycles. The summed E-state index contributed by atoms with van der Waals surface area (Å²) in [6.07, 6.45) is 14.0. The van der Waals surface area contributed by atoms with Crippen LogP contribution < -0.4 is 0 Å². The fourth-order valence-electron chi connectivity index (χ4n) is 2.69. The van der Waals surface area contributed by atoms with Gasteiger partial charge in [0.15, 0.2) is 0 Å². The predicted molar refractivity (Wildman–Crippen MR) is 92.3 cm³/mol. The van der Waals surface area contributed by atoms with Crippen molar-refractivity contribution in [2.45, 2.75) is 91.4 Å². The van der Waals surface area contributed by atoms with Crippen LogP contribution in [-0.2, 0) is 14.6 Å². The molecule has 0 saturated heterocycles. The van der Waals surface area contributed by atoms with Gasteiger partial charge in [-0.05, 0) is 18.3 Å². The van der Waals surface area contributed by atoms with Crippen molar-refractivity contribution < 1.29 is 17.2 Å². The van der Waals surface area contributed by atoms with E-state index < -0.39 is 10.4 Å². The Bertz CT molecular complexity index is 341. The van der Waals surface area contributed by atoms with Gasteiger partial charge in [-0.1, -0.05) is 85.0 Å². The first-order valence-corrected chi connectivity index (χ1v) is 10.3. The average Bonchev–Trinajstić information content (AvgIpc) is 2.43. The first-order chi connectivity index (χ1) is 10.3.